The van der Waals surface area contributed by atoms with E-state index in [-0.39, 0.29) is 26.3 Å². The monoisotopic (exact) mass is 516 g/mol. The third-order valence-electron chi connectivity index (χ3n) is 4.66. The number of aliphatic carboxylic acids is 1. The Balaban J connectivity index is 0.000000182. The Labute approximate surface area is 201 Å². The van der Waals surface area contributed by atoms with Crippen molar-refractivity contribution >= 4 is 87.1 Å². The normalized spacial score (nSPS) is 14.4. The van der Waals surface area contributed by atoms with Gasteiger partial charge in [0.2, 0.25) is 0 Å². The number of carbonyl (C=O) groups is 5. The van der Waals surface area contributed by atoms with Crippen molar-refractivity contribution in [1.29, 1.82) is 0 Å². The van der Waals surface area contributed by atoms with E-state index in [4.69, 9.17) is 51.5 Å². The van der Waals surface area contributed by atoms with Crippen LogP contribution in [-0.2, 0) is 14.4 Å². The molecular weight excluding hydrogens is 506 g/mol. The topological polar surface area (TPSA) is 112 Å². The van der Waals surface area contributed by atoms with E-state index in [1.54, 1.807) is 6.92 Å². The second kappa shape index (κ2) is 9.07. The fourth-order valence-electron chi connectivity index (χ4n) is 3.24. The summed E-state index contributed by atoms with van der Waals surface area (Å²) in [5.74, 6) is -4.00. The lowest BCUT2D eigenvalue weighted by atomic mass is 10.1. The highest BCUT2D eigenvalue weighted by Crippen LogP contribution is 2.41. The van der Waals surface area contributed by atoms with Crippen LogP contribution in [0.25, 0.3) is 0 Å². The molecule has 2 aromatic rings. The van der Waals surface area contributed by atoms with E-state index in [2.05, 4.69) is 0 Å². The van der Waals surface area contributed by atoms with E-state index < -0.39 is 35.9 Å². The van der Waals surface area contributed by atoms with E-state index in [1.807, 2.05) is 0 Å². The minimum absolute atomic E-state index is 0.00427. The molecule has 12 heteroatoms. The standard InChI is InChI=1S/C10H5Cl2NO4.C10H7Cl2NO2/c11-5-2-1-4-8(7(5)12)13(3-6(14)15)10(17)9(4)16;1-2-13-8-5(9(14)10(13)15)3-4-6(11)7(8)12/h1-2H,3H2,(H,14,15);3-4H,2H2,1H3. The van der Waals surface area contributed by atoms with Gasteiger partial charge in [0.05, 0.1) is 42.6 Å². The van der Waals surface area contributed by atoms with Crippen LogP contribution < -0.4 is 9.80 Å². The van der Waals surface area contributed by atoms with Crippen LogP contribution in [0.5, 0.6) is 0 Å². The Kier molecular flexibility index (Phi) is 6.80. The van der Waals surface area contributed by atoms with E-state index >= 15 is 0 Å². The predicted octanol–water partition coefficient (Wildman–Crippen LogP) is 4.15. The largest absolute Gasteiger partial charge is 0.480 e. The van der Waals surface area contributed by atoms with Gasteiger partial charge in [-0.1, -0.05) is 46.4 Å². The molecule has 2 amide bonds. The summed E-state index contributed by atoms with van der Waals surface area (Å²) >= 11 is 23.4. The van der Waals surface area contributed by atoms with Crippen LogP contribution in [0, 0.1) is 0 Å². The Hall–Kier alpha value is -2.65. The van der Waals surface area contributed by atoms with Crippen molar-refractivity contribution in [3.05, 3.63) is 55.5 Å². The second-order valence-electron chi connectivity index (χ2n) is 6.51. The van der Waals surface area contributed by atoms with Crippen molar-refractivity contribution in [3.63, 3.8) is 0 Å². The summed E-state index contributed by atoms with van der Waals surface area (Å²) in [4.78, 5) is 59.0. The molecule has 0 aromatic heterocycles. The van der Waals surface area contributed by atoms with Crippen molar-refractivity contribution < 1.29 is 29.1 Å². The number of hydrogen-bond acceptors (Lipinski definition) is 5. The highest BCUT2D eigenvalue weighted by Gasteiger charge is 2.39. The van der Waals surface area contributed by atoms with Crippen molar-refractivity contribution in [2.45, 2.75) is 6.92 Å². The van der Waals surface area contributed by atoms with Crippen LogP contribution in [0.1, 0.15) is 27.6 Å². The molecule has 0 aliphatic carbocycles. The molecule has 0 radical (unpaired) electrons. The average Bonchev–Trinajstić information content (AvgIpc) is 3.14. The van der Waals surface area contributed by atoms with Gasteiger partial charge in [0.25, 0.3) is 23.4 Å². The molecule has 2 aromatic carbocycles. The molecule has 0 spiro atoms. The summed E-state index contributed by atoms with van der Waals surface area (Å²) in [6.45, 7) is 1.55. The van der Waals surface area contributed by atoms with Gasteiger partial charge in [-0.15, -0.1) is 0 Å². The molecule has 166 valence electrons. The number of likely N-dealkylation sites (N-methyl/N-ethyl adjacent to an activating group) is 1. The Morgan fingerprint density at radius 2 is 1.19 bits per heavy atom. The minimum Gasteiger partial charge on any atom is -0.480 e. The molecule has 0 atom stereocenters. The van der Waals surface area contributed by atoms with Gasteiger partial charge in [0.1, 0.15) is 6.54 Å². The number of carbonyl (C=O) groups excluding carboxylic acids is 4. The van der Waals surface area contributed by atoms with Crippen LogP contribution in [0.3, 0.4) is 0 Å². The van der Waals surface area contributed by atoms with Gasteiger partial charge in [-0.2, -0.15) is 0 Å². The van der Waals surface area contributed by atoms with Gasteiger partial charge >= 0.3 is 5.97 Å². The van der Waals surface area contributed by atoms with Crippen LogP contribution in [-0.4, -0.2) is 47.5 Å². The zero-order chi connectivity index (χ0) is 23.9. The van der Waals surface area contributed by atoms with E-state index in [0.717, 1.165) is 4.90 Å². The molecule has 0 saturated heterocycles. The van der Waals surface area contributed by atoms with Gasteiger partial charge < -0.3 is 10.0 Å². The lowest BCUT2D eigenvalue weighted by molar-refractivity contribution is -0.136. The zero-order valence-corrected chi connectivity index (χ0v) is 19.1. The number of anilines is 2. The Morgan fingerprint density at radius 3 is 1.59 bits per heavy atom. The number of rotatable bonds is 3. The molecule has 1 N–H and O–H groups in total. The van der Waals surface area contributed by atoms with Crippen molar-refractivity contribution in [3.8, 4) is 0 Å². The molecule has 32 heavy (non-hydrogen) atoms. The maximum Gasteiger partial charge on any atom is 0.323 e. The summed E-state index contributed by atoms with van der Waals surface area (Å²) in [5.41, 5.74) is 0.903. The number of nitrogens with zero attached hydrogens (tertiary/aromatic N) is 2. The predicted molar refractivity (Wildman–Crippen MR) is 120 cm³/mol. The second-order valence-corrected chi connectivity index (χ2v) is 8.08. The summed E-state index contributed by atoms with van der Waals surface area (Å²) in [7, 11) is 0. The van der Waals surface area contributed by atoms with Gasteiger partial charge in [0.15, 0.2) is 0 Å². The van der Waals surface area contributed by atoms with Crippen molar-refractivity contribution in [1.82, 2.24) is 0 Å². The fraction of sp³-hybridized carbons (Fsp3) is 0.150. The molecule has 4 rings (SSSR count). The molecular formula is C20H12Cl4N2O6. The number of hydrogen-bond donors (Lipinski definition) is 1. The molecule has 2 aliphatic heterocycles. The zero-order valence-electron chi connectivity index (χ0n) is 16.1. The third kappa shape index (κ3) is 3.95. The maximum atomic E-state index is 11.6. The van der Waals surface area contributed by atoms with Gasteiger partial charge in [-0.25, -0.2) is 0 Å². The van der Waals surface area contributed by atoms with Gasteiger partial charge in [-0.05, 0) is 31.2 Å². The summed E-state index contributed by atoms with van der Waals surface area (Å²) in [6, 6.07) is 5.79. The first-order valence-electron chi connectivity index (χ1n) is 8.91. The molecule has 0 bridgehead atoms. The molecule has 0 saturated carbocycles. The minimum atomic E-state index is -1.24. The molecule has 0 unspecified atom stereocenters. The van der Waals surface area contributed by atoms with Crippen molar-refractivity contribution in [2.24, 2.45) is 0 Å². The summed E-state index contributed by atoms with van der Waals surface area (Å²) in [5, 5.41) is 9.45. The van der Waals surface area contributed by atoms with Gasteiger partial charge in [0, 0.05) is 6.54 Å². The number of benzene rings is 2. The number of amides is 2. The lowest BCUT2D eigenvalue weighted by Crippen LogP contribution is -2.34. The summed E-state index contributed by atoms with van der Waals surface area (Å²) < 4.78 is 0. The molecule has 0 fully saturated rings. The Bertz CT molecular complexity index is 1210. The molecule has 8 nitrogen and oxygen atoms in total. The maximum absolute atomic E-state index is 11.6. The number of carboxylic acid groups (broad SMARTS) is 1. The third-order valence-corrected chi connectivity index (χ3v) is 6.24. The quantitative estimate of drug-likeness (QED) is 0.612. The smallest absolute Gasteiger partial charge is 0.323 e. The van der Waals surface area contributed by atoms with E-state index in [1.165, 1.54) is 29.2 Å². The highest BCUT2D eigenvalue weighted by molar-refractivity contribution is 6.56. The van der Waals surface area contributed by atoms with E-state index in [9.17, 15) is 24.0 Å². The number of halogens is 4. The van der Waals surface area contributed by atoms with Crippen molar-refractivity contribution in [2.75, 3.05) is 22.9 Å². The number of carboxylic acids is 1. The fourth-order valence-corrected chi connectivity index (χ4v) is 4.08. The van der Waals surface area contributed by atoms with Gasteiger partial charge in [-0.3, -0.25) is 28.9 Å². The first-order chi connectivity index (χ1) is 15.0. The van der Waals surface area contributed by atoms with E-state index in [0.29, 0.717) is 22.8 Å². The highest BCUT2D eigenvalue weighted by atomic mass is 35.5. The first kappa shape index (κ1) is 24.0. The molecule has 2 aliphatic rings. The summed E-state index contributed by atoms with van der Waals surface area (Å²) in [6.07, 6.45) is 0. The number of ketones is 2. The van der Waals surface area contributed by atoms with Crippen LogP contribution in [0.2, 0.25) is 20.1 Å². The molecule has 2 heterocycles. The van der Waals surface area contributed by atoms with Crippen LogP contribution in [0.15, 0.2) is 24.3 Å². The van der Waals surface area contributed by atoms with Crippen LogP contribution in [0.4, 0.5) is 11.4 Å². The number of Topliss-reactive ketones (excluding diaryl/α,β-unsaturated/α-hetero) is 2. The van der Waals surface area contributed by atoms with Crippen LogP contribution >= 0.6 is 46.4 Å². The lowest BCUT2D eigenvalue weighted by Gasteiger charge is -2.15. The average molecular weight is 518 g/mol. The SMILES string of the molecule is CCN1C(=O)C(=O)c2ccc(Cl)c(Cl)c21.O=C(O)CN1C(=O)C(=O)c2ccc(Cl)c(Cl)c21. The number of fused-ring (bicyclic) bond motifs is 2. The first-order valence-corrected chi connectivity index (χ1v) is 10.4. The Morgan fingerprint density at radius 1 is 0.781 bits per heavy atom.